The minimum absolute atomic E-state index is 0.128. The lowest BCUT2D eigenvalue weighted by atomic mass is 10.1. The van der Waals surface area contributed by atoms with Crippen LogP contribution in [0.2, 0.25) is 0 Å². The molecule has 0 saturated carbocycles. The van der Waals surface area contributed by atoms with Gasteiger partial charge < -0.3 is 15.0 Å². The normalized spacial score (nSPS) is 14.7. The van der Waals surface area contributed by atoms with Crippen molar-refractivity contribution in [1.29, 1.82) is 0 Å². The Hall–Kier alpha value is -2.57. The monoisotopic (exact) mass is 287 g/mol. The zero-order valence-electron chi connectivity index (χ0n) is 12.0. The number of carbonyl (C=O) groups is 1. The van der Waals surface area contributed by atoms with Crippen LogP contribution >= 0.6 is 0 Å². The number of rotatable bonds is 4. The zero-order valence-corrected chi connectivity index (χ0v) is 12.0. The highest BCUT2D eigenvalue weighted by molar-refractivity contribution is 5.92. The summed E-state index contributed by atoms with van der Waals surface area (Å²) in [4.78, 5) is 18.4. The first-order valence-electron chi connectivity index (χ1n) is 6.71. The molecule has 1 fully saturated rings. The SMILES string of the molecule is COc1ccc(N2CC(NC(=O)c3ccn(C)n3)C2)nc1. The first kappa shape index (κ1) is 13.4. The molecule has 1 N–H and O–H groups in total. The van der Waals surface area contributed by atoms with Crippen LogP contribution in [-0.4, -0.2) is 46.9 Å². The van der Waals surface area contributed by atoms with Crippen LogP contribution in [-0.2, 0) is 7.05 Å². The quantitative estimate of drug-likeness (QED) is 0.883. The van der Waals surface area contributed by atoms with Gasteiger partial charge in [-0.05, 0) is 18.2 Å². The maximum absolute atomic E-state index is 12.0. The number of nitrogens with zero attached hydrogens (tertiary/aromatic N) is 4. The van der Waals surface area contributed by atoms with Crippen LogP contribution in [0.1, 0.15) is 10.5 Å². The minimum Gasteiger partial charge on any atom is -0.495 e. The molecule has 0 unspecified atom stereocenters. The molecule has 1 saturated heterocycles. The highest BCUT2D eigenvalue weighted by Crippen LogP contribution is 2.20. The minimum atomic E-state index is -0.136. The third-order valence-electron chi connectivity index (χ3n) is 3.44. The Bertz CT molecular complexity index is 631. The molecule has 1 amide bonds. The van der Waals surface area contributed by atoms with Crippen molar-refractivity contribution in [2.45, 2.75) is 6.04 Å². The van der Waals surface area contributed by atoms with Crippen molar-refractivity contribution in [2.24, 2.45) is 7.05 Å². The van der Waals surface area contributed by atoms with Gasteiger partial charge in [-0.3, -0.25) is 9.48 Å². The first-order chi connectivity index (χ1) is 10.2. The second-order valence-electron chi connectivity index (χ2n) is 5.01. The first-order valence-corrected chi connectivity index (χ1v) is 6.71. The van der Waals surface area contributed by atoms with Gasteiger partial charge >= 0.3 is 0 Å². The number of methoxy groups -OCH3 is 1. The van der Waals surface area contributed by atoms with Crippen LogP contribution < -0.4 is 15.0 Å². The van der Waals surface area contributed by atoms with Crippen LogP contribution in [0.5, 0.6) is 5.75 Å². The summed E-state index contributed by atoms with van der Waals surface area (Å²) in [6.07, 6.45) is 3.44. The maximum Gasteiger partial charge on any atom is 0.272 e. The Morgan fingerprint density at radius 2 is 2.19 bits per heavy atom. The number of hydrogen-bond donors (Lipinski definition) is 1. The average molecular weight is 287 g/mol. The zero-order chi connectivity index (χ0) is 14.8. The van der Waals surface area contributed by atoms with Gasteiger partial charge in [0.15, 0.2) is 0 Å². The molecule has 3 rings (SSSR count). The Morgan fingerprint density at radius 3 is 2.76 bits per heavy atom. The smallest absolute Gasteiger partial charge is 0.272 e. The molecule has 0 aliphatic carbocycles. The van der Waals surface area contributed by atoms with E-state index < -0.39 is 0 Å². The van der Waals surface area contributed by atoms with Crippen molar-refractivity contribution in [1.82, 2.24) is 20.1 Å². The summed E-state index contributed by atoms with van der Waals surface area (Å²) < 4.78 is 6.69. The topological polar surface area (TPSA) is 72.3 Å². The molecule has 0 aromatic carbocycles. The number of ether oxygens (including phenoxy) is 1. The van der Waals surface area contributed by atoms with E-state index >= 15 is 0 Å². The lowest BCUT2D eigenvalue weighted by Crippen LogP contribution is -2.59. The molecule has 0 atom stereocenters. The molecule has 7 nitrogen and oxygen atoms in total. The Morgan fingerprint density at radius 1 is 1.38 bits per heavy atom. The molecule has 1 aliphatic rings. The summed E-state index contributed by atoms with van der Waals surface area (Å²) in [5.41, 5.74) is 0.443. The van der Waals surface area contributed by atoms with Gasteiger partial charge in [-0.25, -0.2) is 4.98 Å². The van der Waals surface area contributed by atoms with Gasteiger partial charge in [-0.2, -0.15) is 5.10 Å². The van der Waals surface area contributed by atoms with Crippen molar-refractivity contribution < 1.29 is 9.53 Å². The summed E-state index contributed by atoms with van der Waals surface area (Å²) in [5.74, 6) is 1.49. The maximum atomic E-state index is 12.0. The highest BCUT2D eigenvalue weighted by atomic mass is 16.5. The molecular weight excluding hydrogens is 270 g/mol. The van der Waals surface area contributed by atoms with Gasteiger partial charge in [-0.15, -0.1) is 0 Å². The van der Waals surface area contributed by atoms with E-state index in [0.29, 0.717) is 5.69 Å². The number of anilines is 1. The Kier molecular flexibility index (Phi) is 3.47. The van der Waals surface area contributed by atoms with Crippen LogP contribution in [0, 0.1) is 0 Å². The molecule has 1 aliphatic heterocycles. The molecule has 2 aromatic rings. The molecule has 21 heavy (non-hydrogen) atoms. The third kappa shape index (κ3) is 2.81. The largest absolute Gasteiger partial charge is 0.495 e. The second kappa shape index (κ2) is 5.43. The van der Waals surface area contributed by atoms with Crippen molar-refractivity contribution in [3.8, 4) is 5.75 Å². The molecule has 0 spiro atoms. The standard InChI is InChI=1S/C14H17N5O2/c1-18-6-5-12(17-18)14(20)16-10-8-19(9-10)13-4-3-11(21-2)7-15-13/h3-7,10H,8-9H2,1-2H3,(H,16,20). The van der Waals surface area contributed by atoms with Gasteiger partial charge in [0, 0.05) is 26.3 Å². The molecule has 0 bridgehead atoms. The van der Waals surface area contributed by atoms with Crippen molar-refractivity contribution in [3.05, 3.63) is 36.3 Å². The fourth-order valence-corrected chi connectivity index (χ4v) is 2.23. The van der Waals surface area contributed by atoms with Crippen LogP contribution in [0.25, 0.3) is 0 Å². The Balaban J connectivity index is 1.52. The molecular formula is C14H17N5O2. The van der Waals surface area contributed by atoms with E-state index in [4.69, 9.17) is 4.74 Å². The summed E-state index contributed by atoms with van der Waals surface area (Å²) in [6.45, 7) is 1.50. The molecule has 7 heteroatoms. The van der Waals surface area contributed by atoms with E-state index in [2.05, 4.69) is 20.3 Å². The van der Waals surface area contributed by atoms with E-state index in [1.807, 2.05) is 12.1 Å². The molecule has 110 valence electrons. The van der Waals surface area contributed by atoms with E-state index in [1.165, 1.54) is 0 Å². The summed E-state index contributed by atoms with van der Waals surface area (Å²) in [6, 6.07) is 5.62. The average Bonchev–Trinajstić information content (AvgIpc) is 2.89. The van der Waals surface area contributed by atoms with E-state index in [0.717, 1.165) is 24.7 Å². The molecule has 3 heterocycles. The number of aromatic nitrogens is 3. The number of pyridine rings is 1. The lowest BCUT2D eigenvalue weighted by Gasteiger charge is -2.40. The van der Waals surface area contributed by atoms with Crippen LogP contribution in [0.4, 0.5) is 5.82 Å². The summed E-state index contributed by atoms with van der Waals surface area (Å²) in [7, 11) is 3.40. The summed E-state index contributed by atoms with van der Waals surface area (Å²) >= 11 is 0. The number of aryl methyl sites for hydroxylation is 1. The summed E-state index contributed by atoms with van der Waals surface area (Å²) in [5, 5.41) is 7.04. The van der Waals surface area contributed by atoms with Gasteiger partial charge in [0.1, 0.15) is 17.3 Å². The van der Waals surface area contributed by atoms with Crippen LogP contribution in [0.15, 0.2) is 30.6 Å². The predicted octanol–water partition coefficient (Wildman–Crippen LogP) is 0.442. The van der Waals surface area contributed by atoms with E-state index in [1.54, 1.807) is 37.3 Å². The van der Waals surface area contributed by atoms with Crippen molar-refractivity contribution >= 4 is 11.7 Å². The Labute approximate surface area is 122 Å². The van der Waals surface area contributed by atoms with Crippen molar-refractivity contribution in [2.75, 3.05) is 25.1 Å². The second-order valence-corrected chi connectivity index (χ2v) is 5.01. The predicted molar refractivity (Wildman–Crippen MR) is 77.5 cm³/mol. The van der Waals surface area contributed by atoms with Gasteiger partial charge in [0.2, 0.25) is 0 Å². The number of amides is 1. The number of carbonyl (C=O) groups excluding carboxylic acids is 1. The number of hydrogen-bond acceptors (Lipinski definition) is 5. The van der Waals surface area contributed by atoms with E-state index in [9.17, 15) is 4.79 Å². The molecule has 2 aromatic heterocycles. The van der Waals surface area contributed by atoms with Gasteiger partial charge in [-0.1, -0.05) is 0 Å². The van der Waals surface area contributed by atoms with E-state index in [-0.39, 0.29) is 11.9 Å². The lowest BCUT2D eigenvalue weighted by molar-refractivity contribution is 0.0924. The highest BCUT2D eigenvalue weighted by Gasteiger charge is 2.29. The van der Waals surface area contributed by atoms with Crippen LogP contribution in [0.3, 0.4) is 0 Å². The van der Waals surface area contributed by atoms with Gasteiger partial charge in [0.25, 0.3) is 5.91 Å². The third-order valence-corrected chi connectivity index (χ3v) is 3.44. The fraction of sp³-hybridized carbons (Fsp3) is 0.357. The fourth-order valence-electron chi connectivity index (χ4n) is 2.23. The number of nitrogens with one attached hydrogen (secondary N) is 1. The molecule has 0 radical (unpaired) electrons. The van der Waals surface area contributed by atoms with Gasteiger partial charge in [0.05, 0.1) is 19.3 Å². The van der Waals surface area contributed by atoms with Crippen molar-refractivity contribution in [3.63, 3.8) is 0 Å².